The third-order valence-electron chi connectivity index (χ3n) is 4.65. The largest absolute Gasteiger partial charge is 0.416 e. The van der Waals surface area contributed by atoms with Crippen molar-refractivity contribution in [2.24, 2.45) is 0 Å². The molecule has 0 saturated carbocycles. The molecule has 5 nitrogen and oxygen atoms in total. The van der Waals surface area contributed by atoms with E-state index in [1.54, 1.807) is 12.1 Å². The normalized spacial score (nSPS) is 17.1. The Kier molecular flexibility index (Phi) is 5.88. The predicted molar refractivity (Wildman–Crippen MR) is 101 cm³/mol. The minimum atomic E-state index is -5.03. The van der Waals surface area contributed by atoms with E-state index in [1.165, 1.54) is 4.90 Å². The van der Waals surface area contributed by atoms with Crippen molar-refractivity contribution in [1.29, 1.82) is 0 Å². The van der Waals surface area contributed by atoms with Crippen molar-refractivity contribution < 1.29 is 35.9 Å². The minimum Gasteiger partial charge on any atom is -0.333 e. The first kappa shape index (κ1) is 22.4. The van der Waals surface area contributed by atoms with Gasteiger partial charge in [-0.05, 0) is 37.3 Å². The van der Waals surface area contributed by atoms with E-state index in [-0.39, 0.29) is 24.9 Å². The lowest BCUT2D eigenvalue weighted by atomic mass is 10.1. The van der Waals surface area contributed by atoms with Gasteiger partial charge in [0.15, 0.2) is 0 Å². The van der Waals surface area contributed by atoms with Crippen LogP contribution in [-0.4, -0.2) is 24.5 Å². The lowest BCUT2D eigenvalue weighted by Crippen LogP contribution is -2.39. The van der Waals surface area contributed by atoms with Crippen LogP contribution in [0.3, 0.4) is 0 Å². The van der Waals surface area contributed by atoms with Crippen LogP contribution in [0.2, 0.25) is 0 Å². The van der Waals surface area contributed by atoms with Crippen LogP contribution in [0.4, 0.5) is 42.5 Å². The van der Waals surface area contributed by atoms with E-state index >= 15 is 0 Å². The Hall–Kier alpha value is -3.24. The highest BCUT2D eigenvalue weighted by Gasteiger charge is 2.37. The lowest BCUT2D eigenvalue weighted by Gasteiger charge is -2.18. The number of rotatable bonds is 3. The second kappa shape index (κ2) is 8.12. The van der Waals surface area contributed by atoms with Crippen molar-refractivity contribution in [3.63, 3.8) is 0 Å². The van der Waals surface area contributed by atoms with Gasteiger partial charge in [-0.2, -0.15) is 26.3 Å². The summed E-state index contributed by atoms with van der Waals surface area (Å²) in [4.78, 5) is 25.8. The van der Waals surface area contributed by atoms with E-state index in [4.69, 9.17) is 0 Å². The fourth-order valence-electron chi connectivity index (χ4n) is 3.16. The van der Waals surface area contributed by atoms with Gasteiger partial charge >= 0.3 is 18.4 Å². The molecular formula is C20H17F6N3O2. The van der Waals surface area contributed by atoms with Gasteiger partial charge in [0.2, 0.25) is 5.91 Å². The summed E-state index contributed by atoms with van der Waals surface area (Å²) in [6.07, 6.45) is -10.1. The zero-order valence-electron chi connectivity index (χ0n) is 16.1. The van der Waals surface area contributed by atoms with Gasteiger partial charge in [0.1, 0.15) is 0 Å². The summed E-state index contributed by atoms with van der Waals surface area (Å²) in [5, 5.41) is 4.40. The fraction of sp³-hybridized carbons (Fsp3) is 0.300. The quantitative estimate of drug-likeness (QED) is 0.657. The van der Waals surface area contributed by atoms with Gasteiger partial charge < -0.3 is 15.5 Å². The molecule has 11 heteroatoms. The van der Waals surface area contributed by atoms with E-state index in [1.807, 2.05) is 24.4 Å². The fourth-order valence-corrected chi connectivity index (χ4v) is 3.16. The van der Waals surface area contributed by atoms with Crippen LogP contribution in [-0.2, 0) is 17.1 Å². The Labute approximate surface area is 173 Å². The van der Waals surface area contributed by atoms with Gasteiger partial charge in [-0.3, -0.25) is 4.79 Å². The summed E-state index contributed by atoms with van der Waals surface area (Å²) in [6, 6.07) is 6.19. The SMILES string of the molecule is Cc1ccc(N2CC(NC(=O)Nc3cc(C(F)(F)F)cc(C(F)(F)F)c3)CC2=O)cc1. The molecule has 0 aliphatic carbocycles. The molecule has 3 amide bonds. The van der Waals surface area contributed by atoms with Crippen molar-refractivity contribution in [2.75, 3.05) is 16.8 Å². The Morgan fingerprint density at radius 3 is 2.03 bits per heavy atom. The number of carbonyl (C=O) groups is 2. The van der Waals surface area contributed by atoms with Crippen LogP contribution in [0.1, 0.15) is 23.1 Å². The second-order valence-corrected chi connectivity index (χ2v) is 7.13. The van der Waals surface area contributed by atoms with Crippen molar-refractivity contribution in [1.82, 2.24) is 5.32 Å². The van der Waals surface area contributed by atoms with Crippen LogP contribution in [0.25, 0.3) is 0 Å². The topological polar surface area (TPSA) is 61.4 Å². The Bertz CT molecular complexity index is 954. The second-order valence-electron chi connectivity index (χ2n) is 7.13. The highest BCUT2D eigenvalue weighted by Crippen LogP contribution is 2.37. The Balaban J connectivity index is 1.71. The highest BCUT2D eigenvalue weighted by molar-refractivity contribution is 5.97. The molecule has 2 N–H and O–H groups in total. The zero-order valence-corrected chi connectivity index (χ0v) is 16.1. The van der Waals surface area contributed by atoms with Crippen molar-refractivity contribution in [3.05, 3.63) is 59.2 Å². The number of nitrogens with zero attached hydrogens (tertiary/aromatic N) is 1. The Morgan fingerprint density at radius 2 is 1.52 bits per heavy atom. The third-order valence-corrected chi connectivity index (χ3v) is 4.65. The van der Waals surface area contributed by atoms with Crippen molar-refractivity contribution in [2.45, 2.75) is 31.7 Å². The van der Waals surface area contributed by atoms with Gasteiger partial charge in [-0.25, -0.2) is 4.79 Å². The maximum absolute atomic E-state index is 12.9. The standard InChI is InChI=1S/C20H17F6N3O2/c1-11-2-4-16(5-3-11)29-10-15(9-17(29)30)28-18(31)27-14-7-12(19(21,22)23)6-13(8-14)20(24,25)26/h2-8,15H,9-10H2,1H3,(H2,27,28,31). The Morgan fingerprint density at radius 1 is 0.968 bits per heavy atom. The number of halogens is 6. The molecule has 1 unspecified atom stereocenters. The monoisotopic (exact) mass is 445 g/mol. The third kappa shape index (κ3) is 5.47. The molecule has 1 saturated heterocycles. The van der Waals surface area contributed by atoms with Crippen LogP contribution >= 0.6 is 0 Å². The molecule has 166 valence electrons. The summed E-state index contributed by atoms with van der Waals surface area (Å²) < 4.78 is 77.6. The van der Waals surface area contributed by atoms with Crippen LogP contribution in [0.5, 0.6) is 0 Å². The van der Waals surface area contributed by atoms with E-state index in [0.29, 0.717) is 17.8 Å². The van der Waals surface area contributed by atoms with E-state index in [9.17, 15) is 35.9 Å². The number of urea groups is 1. The van der Waals surface area contributed by atoms with E-state index in [2.05, 4.69) is 5.32 Å². The molecule has 1 heterocycles. The van der Waals surface area contributed by atoms with Crippen molar-refractivity contribution in [3.8, 4) is 0 Å². The number of hydrogen-bond donors (Lipinski definition) is 2. The summed E-state index contributed by atoms with van der Waals surface area (Å²) in [5.74, 6) is -0.271. The van der Waals surface area contributed by atoms with Gasteiger partial charge in [-0.1, -0.05) is 17.7 Å². The predicted octanol–water partition coefficient (Wildman–Crippen LogP) is 4.96. The lowest BCUT2D eigenvalue weighted by molar-refractivity contribution is -0.143. The molecule has 0 radical (unpaired) electrons. The number of nitrogens with one attached hydrogen (secondary N) is 2. The molecule has 0 spiro atoms. The van der Waals surface area contributed by atoms with Crippen LogP contribution in [0.15, 0.2) is 42.5 Å². The molecule has 2 aromatic carbocycles. The first-order valence-corrected chi connectivity index (χ1v) is 9.07. The molecule has 3 rings (SSSR count). The molecule has 1 fully saturated rings. The molecular weight excluding hydrogens is 428 g/mol. The van der Waals surface area contributed by atoms with Crippen molar-refractivity contribution >= 4 is 23.3 Å². The summed E-state index contributed by atoms with van der Waals surface area (Å²) >= 11 is 0. The number of amides is 3. The number of aryl methyl sites for hydroxylation is 1. The number of hydrogen-bond acceptors (Lipinski definition) is 2. The highest BCUT2D eigenvalue weighted by atomic mass is 19.4. The average molecular weight is 445 g/mol. The molecule has 1 aliphatic rings. The molecule has 31 heavy (non-hydrogen) atoms. The summed E-state index contributed by atoms with van der Waals surface area (Å²) in [7, 11) is 0. The smallest absolute Gasteiger partial charge is 0.333 e. The van der Waals surface area contributed by atoms with E-state index < -0.39 is 41.2 Å². The maximum Gasteiger partial charge on any atom is 0.416 e. The van der Waals surface area contributed by atoms with Gasteiger partial charge in [0.25, 0.3) is 0 Å². The average Bonchev–Trinajstić information content (AvgIpc) is 3.00. The molecule has 0 aromatic heterocycles. The van der Waals surface area contributed by atoms with Gasteiger partial charge in [0.05, 0.1) is 17.2 Å². The van der Waals surface area contributed by atoms with Crippen LogP contribution in [0, 0.1) is 6.92 Å². The molecule has 1 atom stereocenters. The van der Waals surface area contributed by atoms with Gasteiger partial charge in [0, 0.05) is 24.3 Å². The summed E-state index contributed by atoms with van der Waals surface area (Å²) in [5.41, 5.74) is -2.14. The molecule has 1 aliphatic heterocycles. The first-order valence-electron chi connectivity index (χ1n) is 9.07. The minimum absolute atomic E-state index is 0.0296. The maximum atomic E-state index is 12.9. The first-order chi connectivity index (χ1) is 14.3. The van der Waals surface area contributed by atoms with Gasteiger partial charge in [-0.15, -0.1) is 0 Å². The number of benzene rings is 2. The molecule has 0 bridgehead atoms. The van der Waals surface area contributed by atoms with E-state index in [0.717, 1.165) is 5.56 Å². The summed E-state index contributed by atoms with van der Waals surface area (Å²) in [6.45, 7) is 1.99. The number of carbonyl (C=O) groups excluding carboxylic acids is 2. The van der Waals surface area contributed by atoms with Crippen LogP contribution < -0.4 is 15.5 Å². The zero-order chi connectivity index (χ0) is 23.0. The molecule has 2 aromatic rings. The number of alkyl halides is 6. The number of anilines is 2.